The number of methoxy groups -OCH3 is 1. The van der Waals surface area contributed by atoms with Crippen LogP contribution in [0.25, 0.3) is 0 Å². The maximum atomic E-state index is 12.3. The minimum absolute atomic E-state index is 0.0739. The average molecular weight is 363 g/mol. The van der Waals surface area contributed by atoms with Gasteiger partial charge in [-0.25, -0.2) is 4.99 Å². The fraction of sp³-hybridized carbons (Fsp3) is 0.600. The summed E-state index contributed by atoms with van der Waals surface area (Å²) in [4.78, 5) is 16.9. The van der Waals surface area contributed by atoms with Crippen LogP contribution < -0.4 is 16.0 Å². The Bertz CT molecular complexity index is 618. The van der Waals surface area contributed by atoms with Gasteiger partial charge in [0.2, 0.25) is 0 Å². The number of carbonyl (C=O) groups excluding carboxylic acids is 1. The summed E-state index contributed by atoms with van der Waals surface area (Å²) in [5.74, 6) is 0.650. The third-order valence-electron chi connectivity index (χ3n) is 3.68. The van der Waals surface area contributed by atoms with E-state index in [4.69, 9.17) is 4.74 Å². The molecule has 1 aromatic rings. The largest absolute Gasteiger partial charge is 0.377 e. The molecule has 0 radical (unpaired) electrons. The van der Waals surface area contributed by atoms with E-state index in [1.807, 2.05) is 65.8 Å². The second-order valence-electron chi connectivity index (χ2n) is 7.92. The summed E-state index contributed by atoms with van der Waals surface area (Å²) >= 11 is 0. The first-order valence-corrected chi connectivity index (χ1v) is 9.05. The lowest BCUT2D eigenvalue weighted by molar-refractivity contribution is 0.0268. The Hall–Kier alpha value is -2.08. The third-order valence-corrected chi connectivity index (χ3v) is 3.68. The van der Waals surface area contributed by atoms with Gasteiger partial charge in [-0.3, -0.25) is 4.79 Å². The minimum atomic E-state index is -0.277. The van der Waals surface area contributed by atoms with Crippen LogP contribution in [0.2, 0.25) is 0 Å². The molecule has 0 atom stereocenters. The smallest absolute Gasteiger partial charge is 0.251 e. The molecular weight excluding hydrogens is 328 g/mol. The van der Waals surface area contributed by atoms with E-state index in [1.165, 1.54) is 0 Å². The maximum absolute atomic E-state index is 12.3. The lowest BCUT2D eigenvalue weighted by Gasteiger charge is -2.24. The fourth-order valence-corrected chi connectivity index (χ4v) is 2.10. The van der Waals surface area contributed by atoms with Crippen molar-refractivity contribution in [3.63, 3.8) is 0 Å². The monoisotopic (exact) mass is 362 g/mol. The van der Waals surface area contributed by atoms with Gasteiger partial charge < -0.3 is 20.7 Å². The van der Waals surface area contributed by atoms with E-state index < -0.39 is 0 Å². The summed E-state index contributed by atoms with van der Waals surface area (Å²) in [6.45, 7) is 13.9. The van der Waals surface area contributed by atoms with Crippen molar-refractivity contribution in [2.45, 2.75) is 59.2 Å². The highest BCUT2D eigenvalue weighted by Gasteiger charge is 2.17. The number of nitrogens with one attached hydrogen (secondary N) is 3. The molecular formula is C20H34N4O2. The first-order chi connectivity index (χ1) is 12.1. The van der Waals surface area contributed by atoms with Crippen molar-refractivity contribution in [2.24, 2.45) is 4.99 Å². The SMILES string of the molecule is CCNC(=NCc1cccc(C(=O)NC(C)(C)C)c1)NCC(C)(C)OC. The van der Waals surface area contributed by atoms with Crippen molar-refractivity contribution in [1.29, 1.82) is 0 Å². The van der Waals surface area contributed by atoms with Crippen LogP contribution in [-0.2, 0) is 11.3 Å². The van der Waals surface area contributed by atoms with Crippen LogP contribution in [0.1, 0.15) is 57.5 Å². The Morgan fingerprint density at radius 2 is 1.85 bits per heavy atom. The van der Waals surface area contributed by atoms with Crippen LogP contribution in [0.3, 0.4) is 0 Å². The first-order valence-electron chi connectivity index (χ1n) is 9.05. The molecule has 0 aromatic heterocycles. The van der Waals surface area contributed by atoms with Gasteiger partial charge in [-0.1, -0.05) is 12.1 Å². The van der Waals surface area contributed by atoms with Gasteiger partial charge in [0.25, 0.3) is 5.91 Å². The van der Waals surface area contributed by atoms with Crippen molar-refractivity contribution in [2.75, 3.05) is 20.2 Å². The zero-order valence-corrected chi connectivity index (χ0v) is 17.2. The van der Waals surface area contributed by atoms with Gasteiger partial charge in [-0.05, 0) is 59.2 Å². The summed E-state index contributed by atoms with van der Waals surface area (Å²) in [6, 6.07) is 7.56. The molecule has 0 unspecified atom stereocenters. The molecule has 0 saturated carbocycles. The third kappa shape index (κ3) is 8.34. The number of amides is 1. The predicted octanol–water partition coefficient (Wildman–Crippen LogP) is 2.70. The molecule has 1 amide bonds. The highest BCUT2D eigenvalue weighted by atomic mass is 16.5. The number of benzene rings is 1. The number of hydrogen-bond acceptors (Lipinski definition) is 3. The summed E-state index contributed by atoms with van der Waals surface area (Å²) < 4.78 is 5.42. The Morgan fingerprint density at radius 3 is 2.42 bits per heavy atom. The second-order valence-corrected chi connectivity index (χ2v) is 7.92. The molecule has 0 aliphatic carbocycles. The van der Waals surface area contributed by atoms with E-state index in [0.29, 0.717) is 18.7 Å². The molecule has 0 spiro atoms. The number of rotatable bonds is 7. The van der Waals surface area contributed by atoms with Crippen molar-refractivity contribution < 1.29 is 9.53 Å². The van der Waals surface area contributed by atoms with Gasteiger partial charge in [0.1, 0.15) is 0 Å². The van der Waals surface area contributed by atoms with E-state index >= 15 is 0 Å². The van der Waals surface area contributed by atoms with E-state index in [9.17, 15) is 4.79 Å². The van der Waals surface area contributed by atoms with Crippen LogP contribution in [0.5, 0.6) is 0 Å². The molecule has 6 nitrogen and oxygen atoms in total. The zero-order valence-electron chi connectivity index (χ0n) is 17.2. The second kappa shape index (κ2) is 9.57. The highest BCUT2D eigenvalue weighted by Crippen LogP contribution is 2.09. The summed E-state index contributed by atoms with van der Waals surface area (Å²) in [7, 11) is 1.69. The Kier molecular flexibility index (Phi) is 8.08. The molecule has 3 N–H and O–H groups in total. The van der Waals surface area contributed by atoms with Gasteiger partial charge in [0.05, 0.1) is 12.1 Å². The van der Waals surface area contributed by atoms with Crippen molar-refractivity contribution in [1.82, 2.24) is 16.0 Å². The molecule has 0 heterocycles. The Morgan fingerprint density at radius 1 is 1.15 bits per heavy atom. The number of guanidine groups is 1. The number of ether oxygens (including phenoxy) is 1. The molecule has 0 saturated heterocycles. The number of carbonyl (C=O) groups is 1. The van der Waals surface area contributed by atoms with Gasteiger partial charge in [0.15, 0.2) is 5.96 Å². The Labute approximate surface area is 157 Å². The molecule has 1 rings (SSSR count). The summed E-state index contributed by atoms with van der Waals surface area (Å²) in [6.07, 6.45) is 0. The molecule has 26 heavy (non-hydrogen) atoms. The van der Waals surface area contributed by atoms with Gasteiger partial charge in [-0.2, -0.15) is 0 Å². The average Bonchev–Trinajstić information content (AvgIpc) is 2.56. The lowest BCUT2D eigenvalue weighted by Crippen LogP contribution is -2.45. The van der Waals surface area contributed by atoms with Crippen LogP contribution in [0, 0.1) is 0 Å². The number of hydrogen-bond donors (Lipinski definition) is 3. The van der Waals surface area contributed by atoms with E-state index in [-0.39, 0.29) is 17.0 Å². The normalized spacial score (nSPS) is 12.7. The van der Waals surface area contributed by atoms with Gasteiger partial charge >= 0.3 is 0 Å². The molecule has 1 aromatic carbocycles. The topological polar surface area (TPSA) is 74.8 Å². The molecule has 0 bridgehead atoms. The molecule has 0 fully saturated rings. The van der Waals surface area contributed by atoms with E-state index in [0.717, 1.165) is 18.1 Å². The van der Waals surface area contributed by atoms with Gasteiger partial charge in [-0.15, -0.1) is 0 Å². The van der Waals surface area contributed by atoms with Crippen LogP contribution in [0.4, 0.5) is 0 Å². The van der Waals surface area contributed by atoms with Gasteiger partial charge in [0, 0.05) is 31.3 Å². The summed E-state index contributed by atoms with van der Waals surface area (Å²) in [5.41, 5.74) is 1.09. The molecule has 6 heteroatoms. The fourth-order valence-electron chi connectivity index (χ4n) is 2.10. The van der Waals surface area contributed by atoms with Crippen LogP contribution in [0.15, 0.2) is 29.3 Å². The minimum Gasteiger partial charge on any atom is -0.377 e. The highest BCUT2D eigenvalue weighted by molar-refractivity contribution is 5.94. The molecule has 146 valence electrons. The van der Waals surface area contributed by atoms with Crippen LogP contribution in [-0.4, -0.2) is 43.2 Å². The number of aliphatic imine (C=N–C) groups is 1. The van der Waals surface area contributed by atoms with Crippen LogP contribution >= 0.6 is 0 Å². The molecule has 0 aliphatic heterocycles. The lowest BCUT2D eigenvalue weighted by atomic mass is 10.1. The maximum Gasteiger partial charge on any atom is 0.251 e. The predicted molar refractivity (Wildman–Crippen MR) is 108 cm³/mol. The number of nitrogens with zero attached hydrogens (tertiary/aromatic N) is 1. The standard InChI is InChI=1S/C20H34N4O2/c1-8-21-18(23-14-20(5,6)26-7)22-13-15-10-9-11-16(12-15)17(25)24-19(2,3)4/h9-12H,8,13-14H2,1-7H3,(H,24,25)(H2,21,22,23). The quantitative estimate of drug-likeness (QED) is 0.515. The van der Waals surface area contributed by atoms with E-state index in [1.54, 1.807) is 7.11 Å². The van der Waals surface area contributed by atoms with Crippen molar-refractivity contribution in [3.05, 3.63) is 35.4 Å². The first kappa shape index (κ1) is 22.0. The molecule has 0 aliphatic rings. The summed E-state index contributed by atoms with van der Waals surface area (Å²) in [5, 5.41) is 9.49. The Balaban J connectivity index is 2.80. The zero-order chi connectivity index (χ0) is 19.8. The van der Waals surface area contributed by atoms with Crippen molar-refractivity contribution in [3.8, 4) is 0 Å². The van der Waals surface area contributed by atoms with E-state index in [2.05, 4.69) is 20.9 Å². The van der Waals surface area contributed by atoms with Crippen molar-refractivity contribution >= 4 is 11.9 Å².